The molecule has 6 nitrogen and oxygen atoms in total. The van der Waals surface area contributed by atoms with Crippen LogP contribution in [0.25, 0.3) is 0 Å². The summed E-state index contributed by atoms with van der Waals surface area (Å²) in [7, 11) is 0. The van der Waals surface area contributed by atoms with E-state index in [1.165, 1.54) is 17.2 Å². The Bertz CT molecular complexity index is 806. The monoisotopic (exact) mass is 349 g/mol. The van der Waals surface area contributed by atoms with Gasteiger partial charge in [0.2, 0.25) is 5.91 Å². The zero-order valence-electron chi connectivity index (χ0n) is 13.6. The van der Waals surface area contributed by atoms with Gasteiger partial charge in [0.05, 0.1) is 6.20 Å². The average molecular weight is 349 g/mol. The fourth-order valence-corrected chi connectivity index (χ4v) is 2.77. The standard InChI is InChI=1S/C17H17F2N3O3/c1-10-8-20-16(25-10)15(23)21-14-3-2-6-22(17(14)24)9-11-4-5-12(18)7-13(11)19/h4-5,7-8,14H,2-3,6,9H2,1H3,(H,21,23)/t14-/m0/s1. The molecule has 2 aromatic rings. The van der Waals surface area contributed by atoms with Gasteiger partial charge in [-0.15, -0.1) is 0 Å². The number of hydrogen-bond acceptors (Lipinski definition) is 4. The highest BCUT2D eigenvalue weighted by molar-refractivity contribution is 5.94. The van der Waals surface area contributed by atoms with Crippen LogP contribution in [0.4, 0.5) is 8.78 Å². The Morgan fingerprint density at radius 1 is 1.44 bits per heavy atom. The zero-order chi connectivity index (χ0) is 18.0. The summed E-state index contributed by atoms with van der Waals surface area (Å²) in [6.45, 7) is 2.13. The second-order valence-corrected chi connectivity index (χ2v) is 5.94. The van der Waals surface area contributed by atoms with Gasteiger partial charge in [0.1, 0.15) is 23.4 Å². The Morgan fingerprint density at radius 3 is 2.92 bits per heavy atom. The highest BCUT2D eigenvalue weighted by Gasteiger charge is 2.31. The molecule has 132 valence electrons. The molecule has 25 heavy (non-hydrogen) atoms. The summed E-state index contributed by atoms with van der Waals surface area (Å²) in [6.07, 6.45) is 2.55. The van der Waals surface area contributed by atoms with Gasteiger partial charge in [-0.25, -0.2) is 13.8 Å². The molecule has 1 N–H and O–H groups in total. The first-order chi connectivity index (χ1) is 11.9. The first-order valence-electron chi connectivity index (χ1n) is 7.90. The summed E-state index contributed by atoms with van der Waals surface area (Å²) in [5, 5.41) is 2.60. The van der Waals surface area contributed by atoms with E-state index in [0.29, 0.717) is 25.1 Å². The van der Waals surface area contributed by atoms with E-state index in [0.717, 1.165) is 12.1 Å². The van der Waals surface area contributed by atoms with E-state index in [-0.39, 0.29) is 23.9 Å². The fourth-order valence-electron chi connectivity index (χ4n) is 2.77. The lowest BCUT2D eigenvalue weighted by Gasteiger charge is -2.32. The highest BCUT2D eigenvalue weighted by atomic mass is 19.1. The van der Waals surface area contributed by atoms with E-state index in [1.807, 2.05) is 0 Å². The minimum absolute atomic E-state index is 0.0232. The van der Waals surface area contributed by atoms with Crippen molar-refractivity contribution in [1.29, 1.82) is 0 Å². The third-order valence-electron chi connectivity index (χ3n) is 4.03. The van der Waals surface area contributed by atoms with Crippen molar-refractivity contribution in [3.8, 4) is 0 Å². The molecular formula is C17H17F2N3O3. The number of hydrogen-bond donors (Lipinski definition) is 1. The van der Waals surface area contributed by atoms with Crippen molar-refractivity contribution >= 4 is 11.8 Å². The van der Waals surface area contributed by atoms with E-state index in [9.17, 15) is 18.4 Å². The van der Waals surface area contributed by atoms with Crippen molar-refractivity contribution in [2.24, 2.45) is 0 Å². The first-order valence-corrected chi connectivity index (χ1v) is 7.90. The molecule has 0 saturated carbocycles. The number of nitrogens with one attached hydrogen (secondary N) is 1. The van der Waals surface area contributed by atoms with E-state index in [4.69, 9.17) is 4.42 Å². The second-order valence-electron chi connectivity index (χ2n) is 5.94. The summed E-state index contributed by atoms with van der Waals surface area (Å²) >= 11 is 0. The van der Waals surface area contributed by atoms with Crippen LogP contribution in [0.5, 0.6) is 0 Å². The van der Waals surface area contributed by atoms with Crippen molar-refractivity contribution in [3.63, 3.8) is 0 Å². The fraction of sp³-hybridized carbons (Fsp3) is 0.353. The lowest BCUT2D eigenvalue weighted by Crippen LogP contribution is -2.52. The van der Waals surface area contributed by atoms with Gasteiger partial charge in [-0.3, -0.25) is 9.59 Å². The molecule has 1 saturated heterocycles. The van der Waals surface area contributed by atoms with Gasteiger partial charge < -0.3 is 14.6 Å². The van der Waals surface area contributed by atoms with Crippen LogP contribution in [-0.4, -0.2) is 34.3 Å². The van der Waals surface area contributed by atoms with Gasteiger partial charge in [-0.2, -0.15) is 0 Å². The molecule has 1 aliphatic rings. The van der Waals surface area contributed by atoms with E-state index in [1.54, 1.807) is 6.92 Å². The number of piperidine rings is 1. The Labute approximate surface area is 142 Å². The van der Waals surface area contributed by atoms with E-state index >= 15 is 0 Å². The SMILES string of the molecule is Cc1cnc(C(=O)N[C@H]2CCCN(Cc3ccc(F)cc3F)C2=O)o1. The number of aryl methyl sites for hydroxylation is 1. The molecule has 2 amide bonds. The summed E-state index contributed by atoms with van der Waals surface area (Å²) in [5.41, 5.74) is 0.227. The number of carbonyl (C=O) groups excluding carboxylic acids is 2. The number of rotatable bonds is 4. The summed E-state index contributed by atoms with van der Waals surface area (Å²) in [4.78, 5) is 29.9. The molecule has 1 fully saturated rings. The average Bonchev–Trinajstić information content (AvgIpc) is 3.00. The van der Waals surface area contributed by atoms with Crippen LogP contribution in [0.2, 0.25) is 0 Å². The zero-order valence-corrected chi connectivity index (χ0v) is 13.6. The van der Waals surface area contributed by atoms with E-state index < -0.39 is 23.6 Å². The molecule has 2 heterocycles. The molecule has 1 aromatic heterocycles. The lowest BCUT2D eigenvalue weighted by atomic mass is 10.0. The van der Waals surface area contributed by atoms with Crippen LogP contribution in [0.15, 0.2) is 28.8 Å². The summed E-state index contributed by atoms with van der Waals surface area (Å²) < 4.78 is 31.9. The number of nitrogens with zero attached hydrogens (tertiary/aromatic N) is 2. The summed E-state index contributed by atoms with van der Waals surface area (Å²) in [6, 6.07) is 2.53. The Hall–Kier alpha value is -2.77. The van der Waals surface area contributed by atoms with Crippen molar-refractivity contribution in [2.75, 3.05) is 6.54 Å². The number of benzene rings is 1. The number of aromatic nitrogens is 1. The molecule has 1 aliphatic heterocycles. The Kier molecular flexibility index (Phi) is 4.78. The quantitative estimate of drug-likeness (QED) is 0.918. The normalized spacial score (nSPS) is 17.6. The Balaban J connectivity index is 1.67. The minimum atomic E-state index is -0.725. The molecule has 3 rings (SSSR count). The highest BCUT2D eigenvalue weighted by Crippen LogP contribution is 2.18. The molecule has 0 aliphatic carbocycles. The molecule has 0 bridgehead atoms. The number of amides is 2. The lowest BCUT2D eigenvalue weighted by molar-refractivity contribution is -0.136. The van der Waals surface area contributed by atoms with Crippen molar-refractivity contribution in [3.05, 3.63) is 53.2 Å². The smallest absolute Gasteiger partial charge is 0.307 e. The Morgan fingerprint density at radius 2 is 2.24 bits per heavy atom. The molecule has 1 aromatic carbocycles. The maximum Gasteiger partial charge on any atom is 0.307 e. The molecule has 0 spiro atoms. The molecule has 8 heteroatoms. The van der Waals surface area contributed by atoms with Crippen molar-refractivity contribution < 1.29 is 22.8 Å². The van der Waals surface area contributed by atoms with Crippen LogP contribution in [-0.2, 0) is 11.3 Å². The predicted octanol–water partition coefficient (Wildman–Crippen LogP) is 2.18. The van der Waals surface area contributed by atoms with Gasteiger partial charge in [0.15, 0.2) is 0 Å². The molecule has 0 radical (unpaired) electrons. The van der Waals surface area contributed by atoms with Crippen LogP contribution in [0.3, 0.4) is 0 Å². The van der Waals surface area contributed by atoms with Gasteiger partial charge >= 0.3 is 5.91 Å². The van der Waals surface area contributed by atoms with Gasteiger partial charge in [-0.1, -0.05) is 6.07 Å². The number of oxazole rings is 1. The van der Waals surface area contributed by atoms with Crippen LogP contribution in [0, 0.1) is 18.6 Å². The third kappa shape index (κ3) is 3.84. The largest absolute Gasteiger partial charge is 0.438 e. The molecular weight excluding hydrogens is 332 g/mol. The van der Waals surface area contributed by atoms with Crippen molar-refractivity contribution in [1.82, 2.24) is 15.2 Å². The predicted molar refractivity (Wildman–Crippen MR) is 83.5 cm³/mol. The van der Waals surface area contributed by atoms with Crippen molar-refractivity contribution in [2.45, 2.75) is 32.4 Å². The topological polar surface area (TPSA) is 75.4 Å². The maximum absolute atomic E-state index is 13.8. The number of halogens is 2. The molecule has 0 unspecified atom stereocenters. The van der Waals surface area contributed by atoms with Crippen LogP contribution < -0.4 is 5.32 Å². The second kappa shape index (κ2) is 7.00. The van der Waals surface area contributed by atoms with Crippen LogP contribution >= 0.6 is 0 Å². The number of carbonyl (C=O) groups is 2. The summed E-state index contributed by atoms with van der Waals surface area (Å²) in [5.74, 6) is -1.86. The van der Waals surface area contributed by atoms with Gasteiger partial charge in [0, 0.05) is 24.7 Å². The van der Waals surface area contributed by atoms with Gasteiger partial charge in [0.25, 0.3) is 5.89 Å². The third-order valence-corrected chi connectivity index (χ3v) is 4.03. The molecule has 1 atom stereocenters. The van der Waals surface area contributed by atoms with E-state index in [2.05, 4.69) is 10.3 Å². The van der Waals surface area contributed by atoms with Gasteiger partial charge in [-0.05, 0) is 25.8 Å². The van der Waals surface area contributed by atoms with Crippen LogP contribution in [0.1, 0.15) is 34.9 Å². The first kappa shape index (κ1) is 17.1. The number of likely N-dealkylation sites (tertiary alicyclic amines) is 1. The maximum atomic E-state index is 13.8. The minimum Gasteiger partial charge on any atom is -0.438 e.